The fraction of sp³-hybridized carbons (Fsp3) is 0.700. The largest absolute Gasteiger partial charge is 0.393 e. The summed E-state index contributed by atoms with van der Waals surface area (Å²) in [5.74, 6) is -1.29. The van der Waals surface area contributed by atoms with Crippen LogP contribution in [0.25, 0.3) is 0 Å². The van der Waals surface area contributed by atoms with Crippen LogP contribution in [0.1, 0.15) is 59.8 Å². The second-order valence-electron chi connectivity index (χ2n) is 13.7. The van der Waals surface area contributed by atoms with E-state index >= 15 is 0 Å². The molecule has 1 aromatic carbocycles. The molecule has 0 radical (unpaired) electrons. The van der Waals surface area contributed by atoms with E-state index in [2.05, 4.69) is 43.5 Å². The molecule has 224 valence electrons. The molecule has 6 rings (SSSR count). The van der Waals surface area contributed by atoms with E-state index in [1.54, 1.807) is 0 Å². The zero-order valence-electron chi connectivity index (χ0n) is 24.1. The minimum Gasteiger partial charge on any atom is -0.393 e. The number of nitrogens with two attached hydrogens (primary N) is 1. The second kappa shape index (κ2) is 9.86. The number of urea groups is 1. The highest BCUT2D eigenvalue weighted by molar-refractivity contribution is 7.86. The maximum atomic E-state index is 14.4. The van der Waals surface area contributed by atoms with Crippen molar-refractivity contribution in [3.05, 3.63) is 30.3 Å². The van der Waals surface area contributed by atoms with Gasteiger partial charge in [0.1, 0.15) is 6.23 Å². The van der Waals surface area contributed by atoms with Gasteiger partial charge in [0, 0.05) is 22.1 Å². The molecular formula is C30H42N4O6S. The number of aliphatic hydroxyl groups is 2. The molecule has 6 N–H and O–H groups in total. The average molecular weight is 587 g/mol. The Labute approximate surface area is 243 Å². The van der Waals surface area contributed by atoms with Crippen LogP contribution in [-0.2, 0) is 20.3 Å². The zero-order chi connectivity index (χ0) is 29.5. The Bertz CT molecular complexity index is 1290. The van der Waals surface area contributed by atoms with E-state index in [9.17, 15) is 24.0 Å². The monoisotopic (exact) mass is 586 g/mol. The van der Waals surface area contributed by atoms with E-state index < -0.39 is 63.4 Å². The molecule has 2 aliphatic heterocycles. The summed E-state index contributed by atoms with van der Waals surface area (Å²) in [7, 11) is -1.53. The molecule has 11 heteroatoms. The fourth-order valence-electron chi connectivity index (χ4n) is 9.44. The van der Waals surface area contributed by atoms with E-state index in [1.807, 2.05) is 30.3 Å². The molecule has 10 nitrogen and oxygen atoms in total. The van der Waals surface area contributed by atoms with Crippen molar-refractivity contribution in [1.29, 1.82) is 0 Å². The summed E-state index contributed by atoms with van der Waals surface area (Å²) in [5.41, 5.74) is 6.67. The molecule has 3 amide bonds. The number of nitrogens with zero attached hydrogens (tertiary/aromatic N) is 1. The molecule has 12 unspecified atom stereocenters. The molecular weight excluding hydrogens is 544 g/mol. The minimum atomic E-state index is -1.53. The first-order valence-electron chi connectivity index (χ1n) is 14.8. The van der Waals surface area contributed by atoms with E-state index in [4.69, 9.17) is 10.5 Å². The number of fused-ring (bicyclic) bond motifs is 3. The van der Waals surface area contributed by atoms with Gasteiger partial charge in [-0.25, -0.2) is 10.2 Å². The lowest BCUT2D eigenvalue weighted by Gasteiger charge is -2.70. The molecule has 3 aliphatic carbocycles. The van der Waals surface area contributed by atoms with Crippen molar-refractivity contribution in [2.45, 2.75) is 94.0 Å². The number of carbonyl (C=O) groups excluding carboxylic acids is 2. The van der Waals surface area contributed by atoms with Crippen LogP contribution in [-0.4, -0.2) is 61.4 Å². The second-order valence-corrected chi connectivity index (χ2v) is 15.4. The number of hydrazone groups is 1. The third kappa shape index (κ3) is 4.13. The van der Waals surface area contributed by atoms with Crippen molar-refractivity contribution < 1.29 is 28.7 Å². The van der Waals surface area contributed by atoms with Crippen molar-refractivity contribution in [2.24, 2.45) is 51.3 Å². The highest BCUT2D eigenvalue weighted by Gasteiger charge is 2.72. The van der Waals surface area contributed by atoms with Gasteiger partial charge in [-0.15, -0.1) is 0 Å². The molecule has 5 fully saturated rings. The van der Waals surface area contributed by atoms with Gasteiger partial charge in [0.05, 0.1) is 45.5 Å². The minimum absolute atomic E-state index is 0.0608. The smallest absolute Gasteiger partial charge is 0.332 e. The SMILES string of the molecule is CC1CCC2C(C)(C)C(=NNC(N)=O)C(S(=O)c3ccccc3)CC23OC2C(CC13C)C(O)CC1C(=O)NC(O)C12. The number of benzene rings is 1. The van der Waals surface area contributed by atoms with Crippen LogP contribution in [0.3, 0.4) is 0 Å². The lowest BCUT2D eigenvalue weighted by atomic mass is 9.42. The molecule has 2 saturated heterocycles. The van der Waals surface area contributed by atoms with Gasteiger partial charge in [-0.2, -0.15) is 5.10 Å². The first-order valence-corrected chi connectivity index (χ1v) is 16.0. The van der Waals surface area contributed by atoms with E-state index in [-0.39, 0.29) is 29.1 Å². The summed E-state index contributed by atoms with van der Waals surface area (Å²) in [4.78, 5) is 25.2. The van der Waals surface area contributed by atoms with Gasteiger partial charge in [0.15, 0.2) is 0 Å². The van der Waals surface area contributed by atoms with E-state index in [0.29, 0.717) is 29.9 Å². The molecule has 5 aliphatic rings. The predicted octanol–water partition coefficient (Wildman–Crippen LogP) is 2.26. The normalized spacial score (nSPS) is 46.3. The Hall–Kier alpha value is -2.34. The summed E-state index contributed by atoms with van der Waals surface area (Å²) < 4.78 is 21.8. The van der Waals surface area contributed by atoms with Crippen molar-refractivity contribution in [3.63, 3.8) is 0 Å². The number of ether oxygens (including phenoxy) is 1. The third-order valence-corrected chi connectivity index (χ3v) is 13.2. The molecule has 1 spiro atoms. The van der Waals surface area contributed by atoms with E-state index in [1.165, 1.54) is 0 Å². The van der Waals surface area contributed by atoms with Crippen LogP contribution in [0.4, 0.5) is 4.79 Å². The molecule has 2 heterocycles. The number of carbonyl (C=O) groups is 2. The van der Waals surface area contributed by atoms with Crippen LogP contribution >= 0.6 is 0 Å². The maximum Gasteiger partial charge on any atom is 0.332 e. The van der Waals surface area contributed by atoms with Crippen LogP contribution in [0, 0.1) is 40.4 Å². The number of aliphatic hydroxyl groups excluding tert-OH is 2. The Morgan fingerprint density at radius 1 is 1.17 bits per heavy atom. The van der Waals surface area contributed by atoms with E-state index in [0.717, 1.165) is 12.8 Å². The van der Waals surface area contributed by atoms with Gasteiger partial charge >= 0.3 is 6.03 Å². The summed E-state index contributed by atoms with van der Waals surface area (Å²) >= 11 is 0. The first kappa shape index (κ1) is 28.8. The van der Waals surface area contributed by atoms with Gasteiger partial charge in [0.25, 0.3) is 0 Å². The third-order valence-electron chi connectivity index (χ3n) is 11.6. The molecule has 3 saturated carbocycles. The van der Waals surface area contributed by atoms with Crippen molar-refractivity contribution >= 4 is 28.4 Å². The topological polar surface area (TPSA) is 163 Å². The van der Waals surface area contributed by atoms with Crippen molar-refractivity contribution in [2.75, 3.05) is 0 Å². The number of nitrogens with one attached hydrogen (secondary N) is 2. The van der Waals surface area contributed by atoms with Gasteiger partial charge in [0.2, 0.25) is 5.91 Å². The number of hydrogen-bond donors (Lipinski definition) is 5. The molecule has 0 bridgehead atoms. The van der Waals surface area contributed by atoms with Crippen molar-refractivity contribution in [1.82, 2.24) is 10.7 Å². The first-order chi connectivity index (χ1) is 19.3. The zero-order valence-corrected chi connectivity index (χ0v) is 24.9. The maximum absolute atomic E-state index is 14.4. The lowest BCUT2D eigenvalue weighted by Crippen LogP contribution is -2.75. The number of primary amides is 1. The predicted molar refractivity (Wildman–Crippen MR) is 153 cm³/mol. The Morgan fingerprint density at radius 2 is 1.88 bits per heavy atom. The fourth-order valence-corrected chi connectivity index (χ4v) is 11.2. The standard InChI is InChI=1S/C30H42N4O6S/c1-15-10-11-21-28(2,3)24(33-34-27(31)38)20(41(39)16-8-6-5-7-9-16)14-30(21)29(15,4)13-18-19(35)12-17-22(23(18)40-30)26(37)32-25(17)36/h5-9,15,17-23,26,35,37H,10-14H2,1-4H3,(H,32,36)(H3,31,34,38). The Balaban J connectivity index is 1.51. The average Bonchev–Trinajstić information content (AvgIpc) is 3.20. The molecule has 12 atom stereocenters. The van der Waals surface area contributed by atoms with Gasteiger partial charge in [-0.1, -0.05) is 45.9 Å². The number of rotatable bonds is 3. The molecule has 0 aromatic heterocycles. The summed E-state index contributed by atoms with van der Waals surface area (Å²) in [6, 6.07) is 8.46. The van der Waals surface area contributed by atoms with Crippen LogP contribution in [0.15, 0.2) is 40.3 Å². The van der Waals surface area contributed by atoms with Gasteiger partial charge < -0.3 is 26.0 Å². The van der Waals surface area contributed by atoms with Gasteiger partial charge in [-0.3, -0.25) is 9.00 Å². The van der Waals surface area contributed by atoms with Gasteiger partial charge in [-0.05, 0) is 61.5 Å². The quantitative estimate of drug-likeness (QED) is 0.341. The number of hydrogen-bond acceptors (Lipinski definition) is 7. The van der Waals surface area contributed by atoms with Crippen LogP contribution < -0.4 is 16.5 Å². The van der Waals surface area contributed by atoms with Crippen molar-refractivity contribution in [3.8, 4) is 0 Å². The highest BCUT2D eigenvalue weighted by atomic mass is 32.2. The summed E-state index contributed by atoms with van der Waals surface area (Å²) in [5, 5.41) is 28.9. The summed E-state index contributed by atoms with van der Waals surface area (Å²) in [6.07, 6.45) is 0.837. The Morgan fingerprint density at radius 3 is 2.56 bits per heavy atom. The Kier molecular flexibility index (Phi) is 6.91. The molecule has 1 aromatic rings. The highest BCUT2D eigenvalue weighted by Crippen LogP contribution is 2.68. The lowest BCUT2D eigenvalue weighted by molar-refractivity contribution is -0.323. The molecule has 41 heavy (non-hydrogen) atoms. The van der Waals surface area contributed by atoms with Crippen LogP contribution in [0.5, 0.6) is 0 Å². The number of amides is 3. The van der Waals surface area contributed by atoms with Crippen LogP contribution in [0.2, 0.25) is 0 Å². The summed E-state index contributed by atoms with van der Waals surface area (Å²) in [6.45, 7) is 8.64.